The maximum absolute atomic E-state index is 6.37. The van der Waals surface area contributed by atoms with Gasteiger partial charge in [0.25, 0.3) is 0 Å². The third kappa shape index (κ3) is 2.58. The van der Waals surface area contributed by atoms with Gasteiger partial charge in [0.15, 0.2) is 0 Å². The summed E-state index contributed by atoms with van der Waals surface area (Å²) in [7, 11) is 0. The van der Waals surface area contributed by atoms with E-state index in [9.17, 15) is 0 Å². The van der Waals surface area contributed by atoms with Crippen LogP contribution in [-0.4, -0.2) is 9.55 Å². The molecule has 0 saturated carbocycles. The van der Waals surface area contributed by atoms with E-state index in [1.807, 2.05) is 41.1 Å². The van der Waals surface area contributed by atoms with Crippen LogP contribution in [0.3, 0.4) is 0 Å². The lowest BCUT2D eigenvalue weighted by molar-refractivity contribution is 0.677. The second kappa shape index (κ2) is 5.70. The van der Waals surface area contributed by atoms with E-state index in [1.165, 1.54) is 0 Å². The Bertz CT molecular complexity index is 694. The largest absolute Gasteiger partial charge is 0.326 e. The molecule has 0 aliphatic heterocycles. The molecule has 4 heteroatoms. The standard InChI is InChI=1S/C16H12Cl2N2/c17-13-6-7-14(15(18)10-13)16(20-9-8-19-11-20)12-4-2-1-3-5-12/h1-11,16H. The summed E-state index contributed by atoms with van der Waals surface area (Å²) in [6, 6.07) is 15.8. The first kappa shape index (κ1) is 13.2. The van der Waals surface area contributed by atoms with E-state index in [-0.39, 0.29) is 6.04 Å². The predicted octanol–water partition coefficient (Wildman–Crippen LogP) is 4.83. The van der Waals surface area contributed by atoms with Crippen molar-refractivity contribution in [1.29, 1.82) is 0 Å². The van der Waals surface area contributed by atoms with E-state index >= 15 is 0 Å². The maximum atomic E-state index is 6.37. The third-order valence-electron chi connectivity index (χ3n) is 3.20. The Kier molecular flexibility index (Phi) is 3.77. The Balaban J connectivity index is 2.16. The van der Waals surface area contributed by atoms with Gasteiger partial charge in [-0.15, -0.1) is 0 Å². The lowest BCUT2D eigenvalue weighted by atomic mass is 9.98. The zero-order valence-corrected chi connectivity index (χ0v) is 12.1. The summed E-state index contributed by atoms with van der Waals surface area (Å²) in [5.74, 6) is 0. The van der Waals surface area contributed by atoms with Crippen LogP contribution >= 0.6 is 23.2 Å². The molecule has 0 N–H and O–H groups in total. The molecule has 100 valence electrons. The van der Waals surface area contributed by atoms with Crippen LogP contribution in [-0.2, 0) is 0 Å². The molecule has 2 nitrogen and oxygen atoms in total. The molecule has 0 radical (unpaired) electrons. The maximum Gasteiger partial charge on any atom is 0.0954 e. The Hall–Kier alpha value is -1.77. The SMILES string of the molecule is Clc1ccc(C(c2ccccc2)n2ccnc2)c(Cl)c1. The number of rotatable bonds is 3. The van der Waals surface area contributed by atoms with Crippen LogP contribution in [0.4, 0.5) is 0 Å². The molecule has 0 bridgehead atoms. The fraction of sp³-hybridized carbons (Fsp3) is 0.0625. The molecule has 0 spiro atoms. The fourth-order valence-corrected chi connectivity index (χ4v) is 2.80. The second-order valence-electron chi connectivity index (χ2n) is 4.49. The molecule has 0 amide bonds. The van der Waals surface area contributed by atoms with Gasteiger partial charge in [0.1, 0.15) is 0 Å². The van der Waals surface area contributed by atoms with Gasteiger partial charge in [-0.25, -0.2) is 4.98 Å². The zero-order valence-electron chi connectivity index (χ0n) is 10.6. The minimum Gasteiger partial charge on any atom is -0.326 e. The monoisotopic (exact) mass is 302 g/mol. The van der Waals surface area contributed by atoms with Gasteiger partial charge in [-0.1, -0.05) is 59.6 Å². The molecule has 2 aromatic carbocycles. The molecule has 1 unspecified atom stereocenters. The van der Waals surface area contributed by atoms with Crippen molar-refractivity contribution in [1.82, 2.24) is 9.55 Å². The van der Waals surface area contributed by atoms with Crippen LogP contribution in [0.2, 0.25) is 10.0 Å². The lowest BCUT2D eigenvalue weighted by Crippen LogP contribution is -2.11. The Labute approximate surface area is 127 Å². The van der Waals surface area contributed by atoms with Gasteiger partial charge in [-0.3, -0.25) is 0 Å². The van der Waals surface area contributed by atoms with Crippen molar-refractivity contribution in [3.63, 3.8) is 0 Å². The number of hydrogen-bond acceptors (Lipinski definition) is 1. The quantitative estimate of drug-likeness (QED) is 0.678. The normalized spacial score (nSPS) is 12.3. The Morgan fingerprint density at radius 2 is 1.80 bits per heavy atom. The first-order valence-electron chi connectivity index (χ1n) is 6.23. The Morgan fingerprint density at radius 1 is 1.00 bits per heavy atom. The third-order valence-corrected chi connectivity index (χ3v) is 3.76. The van der Waals surface area contributed by atoms with E-state index in [2.05, 4.69) is 17.1 Å². The molecular formula is C16H12Cl2N2. The molecule has 3 aromatic rings. The van der Waals surface area contributed by atoms with E-state index in [0.29, 0.717) is 10.0 Å². The molecule has 1 atom stereocenters. The summed E-state index contributed by atoms with van der Waals surface area (Å²) in [4.78, 5) is 4.14. The molecule has 3 rings (SSSR count). The van der Waals surface area contributed by atoms with Crippen LogP contribution < -0.4 is 0 Å². The highest BCUT2D eigenvalue weighted by Gasteiger charge is 2.18. The van der Waals surface area contributed by atoms with Gasteiger partial charge in [0.05, 0.1) is 12.4 Å². The van der Waals surface area contributed by atoms with Crippen LogP contribution in [0.25, 0.3) is 0 Å². The van der Waals surface area contributed by atoms with E-state index in [0.717, 1.165) is 11.1 Å². The molecule has 0 aliphatic rings. The highest BCUT2D eigenvalue weighted by molar-refractivity contribution is 6.35. The lowest BCUT2D eigenvalue weighted by Gasteiger charge is -2.21. The number of aromatic nitrogens is 2. The number of benzene rings is 2. The summed E-state index contributed by atoms with van der Waals surface area (Å²) >= 11 is 12.4. The molecule has 20 heavy (non-hydrogen) atoms. The number of imidazole rings is 1. The minimum atomic E-state index is -0.0107. The summed E-state index contributed by atoms with van der Waals surface area (Å²) < 4.78 is 2.03. The van der Waals surface area contributed by atoms with E-state index < -0.39 is 0 Å². The number of hydrogen-bond donors (Lipinski definition) is 0. The molecular weight excluding hydrogens is 291 g/mol. The van der Waals surface area contributed by atoms with Crippen LogP contribution in [0.15, 0.2) is 67.3 Å². The molecule has 0 saturated heterocycles. The van der Waals surface area contributed by atoms with Gasteiger partial charge < -0.3 is 4.57 Å². The zero-order chi connectivity index (χ0) is 13.9. The minimum absolute atomic E-state index is 0.0107. The van der Waals surface area contributed by atoms with Crippen molar-refractivity contribution in [3.8, 4) is 0 Å². The van der Waals surface area contributed by atoms with Crippen molar-refractivity contribution in [2.75, 3.05) is 0 Å². The first-order chi connectivity index (χ1) is 9.75. The van der Waals surface area contributed by atoms with Gasteiger partial charge in [-0.05, 0) is 23.3 Å². The predicted molar refractivity (Wildman–Crippen MR) is 82.4 cm³/mol. The van der Waals surface area contributed by atoms with Crippen LogP contribution in [0, 0.1) is 0 Å². The van der Waals surface area contributed by atoms with Gasteiger partial charge in [-0.2, -0.15) is 0 Å². The van der Waals surface area contributed by atoms with Crippen LogP contribution in [0.5, 0.6) is 0 Å². The summed E-state index contributed by atoms with van der Waals surface area (Å²) in [5, 5.41) is 1.29. The van der Waals surface area contributed by atoms with Crippen LogP contribution in [0.1, 0.15) is 17.2 Å². The van der Waals surface area contributed by atoms with E-state index in [4.69, 9.17) is 23.2 Å². The van der Waals surface area contributed by atoms with Gasteiger partial charge in [0.2, 0.25) is 0 Å². The van der Waals surface area contributed by atoms with Gasteiger partial charge >= 0.3 is 0 Å². The highest BCUT2D eigenvalue weighted by Crippen LogP contribution is 2.33. The second-order valence-corrected chi connectivity index (χ2v) is 5.33. The molecule has 1 aromatic heterocycles. The first-order valence-corrected chi connectivity index (χ1v) is 6.98. The van der Waals surface area contributed by atoms with Crippen molar-refractivity contribution < 1.29 is 0 Å². The summed E-state index contributed by atoms with van der Waals surface area (Å²) in [6.07, 6.45) is 5.49. The molecule has 0 aliphatic carbocycles. The van der Waals surface area contributed by atoms with Crippen molar-refractivity contribution >= 4 is 23.2 Å². The number of nitrogens with zero attached hydrogens (tertiary/aromatic N) is 2. The fourth-order valence-electron chi connectivity index (χ4n) is 2.29. The topological polar surface area (TPSA) is 17.8 Å². The van der Waals surface area contributed by atoms with Crippen molar-refractivity contribution in [2.45, 2.75) is 6.04 Å². The average Bonchev–Trinajstić information content (AvgIpc) is 2.97. The average molecular weight is 303 g/mol. The van der Waals surface area contributed by atoms with Crippen molar-refractivity contribution in [3.05, 3.63) is 88.4 Å². The number of halogens is 2. The molecule has 0 fully saturated rings. The Morgan fingerprint density at radius 3 is 2.45 bits per heavy atom. The molecule has 1 heterocycles. The van der Waals surface area contributed by atoms with E-state index in [1.54, 1.807) is 18.6 Å². The van der Waals surface area contributed by atoms with Gasteiger partial charge in [0, 0.05) is 22.4 Å². The van der Waals surface area contributed by atoms with Crippen molar-refractivity contribution in [2.24, 2.45) is 0 Å². The summed E-state index contributed by atoms with van der Waals surface area (Å²) in [5.41, 5.74) is 2.15. The summed E-state index contributed by atoms with van der Waals surface area (Å²) in [6.45, 7) is 0. The highest BCUT2D eigenvalue weighted by atomic mass is 35.5. The smallest absolute Gasteiger partial charge is 0.0954 e.